The SMILES string of the molecule is Cc1ccc(N2CCC(C(=O)NCCN3CCOCC3)CC2)cc1. The van der Waals surface area contributed by atoms with Crippen LogP contribution in [0.5, 0.6) is 0 Å². The number of ether oxygens (including phenoxy) is 1. The van der Waals surface area contributed by atoms with Crippen molar-refractivity contribution in [3.8, 4) is 0 Å². The lowest BCUT2D eigenvalue weighted by Crippen LogP contribution is -2.44. The predicted octanol–water partition coefficient (Wildman–Crippen LogP) is 1.66. The minimum Gasteiger partial charge on any atom is -0.379 e. The van der Waals surface area contributed by atoms with Gasteiger partial charge in [0.1, 0.15) is 0 Å². The quantitative estimate of drug-likeness (QED) is 0.891. The van der Waals surface area contributed by atoms with Crippen molar-refractivity contribution in [1.82, 2.24) is 10.2 Å². The third-order valence-corrected chi connectivity index (χ3v) is 5.10. The van der Waals surface area contributed by atoms with Crippen LogP contribution in [0.2, 0.25) is 0 Å². The summed E-state index contributed by atoms with van der Waals surface area (Å²) in [4.78, 5) is 17.1. The molecular formula is C19H29N3O2. The predicted molar refractivity (Wildman–Crippen MR) is 96.4 cm³/mol. The lowest BCUT2D eigenvalue weighted by Gasteiger charge is -2.33. The highest BCUT2D eigenvalue weighted by molar-refractivity contribution is 5.79. The Balaban J connectivity index is 1.37. The fourth-order valence-electron chi connectivity index (χ4n) is 3.46. The van der Waals surface area contributed by atoms with E-state index in [9.17, 15) is 4.79 Å². The van der Waals surface area contributed by atoms with E-state index in [4.69, 9.17) is 4.74 Å². The summed E-state index contributed by atoms with van der Waals surface area (Å²) in [6, 6.07) is 8.66. The van der Waals surface area contributed by atoms with E-state index in [1.54, 1.807) is 0 Å². The minimum absolute atomic E-state index is 0.163. The van der Waals surface area contributed by atoms with Crippen molar-refractivity contribution in [2.24, 2.45) is 5.92 Å². The van der Waals surface area contributed by atoms with Crippen LogP contribution in [-0.2, 0) is 9.53 Å². The summed E-state index contributed by atoms with van der Waals surface area (Å²) in [5.41, 5.74) is 2.56. The standard InChI is InChI=1S/C19H29N3O2/c1-16-2-4-18(5-3-16)22-9-6-17(7-10-22)19(23)20-8-11-21-12-14-24-15-13-21/h2-5,17H,6-15H2,1H3,(H,20,23). The van der Waals surface area contributed by atoms with Crippen molar-refractivity contribution in [2.75, 3.05) is 57.4 Å². The van der Waals surface area contributed by atoms with Crippen LogP contribution in [0, 0.1) is 12.8 Å². The molecule has 1 amide bonds. The zero-order chi connectivity index (χ0) is 16.8. The summed E-state index contributed by atoms with van der Waals surface area (Å²) < 4.78 is 5.34. The second kappa shape index (κ2) is 8.49. The third kappa shape index (κ3) is 4.71. The molecule has 2 aliphatic rings. The van der Waals surface area contributed by atoms with E-state index in [1.165, 1.54) is 11.3 Å². The second-order valence-corrected chi connectivity index (χ2v) is 6.84. The molecule has 2 saturated heterocycles. The Kier molecular flexibility index (Phi) is 6.10. The maximum absolute atomic E-state index is 12.4. The number of anilines is 1. The number of benzene rings is 1. The summed E-state index contributed by atoms with van der Waals surface area (Å²) in [5.74, 6) is 0.392. The van der Waals surface area contributed by atoms with Crippen molar-refractivity contribution in [3.63, 3.8) is 0 Å². The first kappa shape index (κ1) is 17.2. The highest BCUT2D eigenvalue weighted by Crippen LogP contribution is 2.23. The number of nitrogens with one attached hydrogen (secondary N) is 1. The number of hydrogen-bond donors (Lipinski definition) is 1. The Hall–Kier alpha value is -1.59. The van der Waals surface area contributed by atoms with E-state index in [1.807, 2.05) is 0 Å². The van der Waals surface area contributed by atoms with Crippen molar-refractivity contribution >= 4 is 11.6 Å². The molecule has 1 aromatic rings. The first-order valence-corrected chi connectivity index (χ1v) is 9.12. The molecule has 0 unspecified atom stereocenters. The number of carbonyl (C=O) groups is 1. The van der Waals surface area contributed by atoms with Gasteiger partial charge in [0.2, 0.25) is 5.91 Å². The molecule has 132 valence electrons. The molecule has 0 aliphatic carbocycles. The number of aryl methyl sites for hydroxylation is 1. The van der Waals surface area contributed by atoms with Crippen molar-refractivity contribution in [2.45, 2.75) is 19.8 Å². The monoisotopic (exact) mass is 331 g/mol. The number of hydrogen-bond acceptors (Lipinski definition) is 4. The van der Waals surface area contributed by atoms with Crippen LogP contribution in [-0.4, -0.2) is 63.3 Å². The highest BCUT2D eigenvalue weighted by Gasteiger charge is 2.25. The van der Waals surface area contributed by atoms with Gasteiger partial charge in [0, 0.05) is 50.9 Å². The Morgan fingerprint density at radius 3 is 2.46 bits per heavy atom. The topological polar surface area (TPSA) is 44.8 Å². The summed E-state index contributed by atoms with van der Waals surface area (Å²) in [5, 5.41) is 3.12. The number of rotatable bonds is 5. The first-order chi connectivity index (χ1) is 11.7. The fraction of sp³-hybridized carbons (Fsp3) is 0.632. The van der Waals surface area contributed by atoms with Crippen LogP contribution in [0.1, 0.15) is 18.4 Å². The smallest absolute Gasteiger partial charge is 0.223 e. The van der Waals surface area contributed by atoms with Crippen LogP contribution in [0.3, 0.4) is 0 Å². The van der Waals surface area contributed by atoms with Crippen molar-refractivity contribution in [3.05, 3.63) is 29.8 Å². The molecule has 2 heterocycles. The number of piperidine rings is 1. The maximum atomic E-state index is 12.4. The van der Waals surface area contributed by atoms with Gasteiger partial charge in [-0.2, -0.15) is 0 Å². The van der Waals surface area contributed by atoms with Gasteiger partial charge >= 0.3 is 0 Å². The van der Waals surface area contributed by atoms with E-state index in [2.05, 4.69) is 46.3 Å². The van der Waals surface area contributed by atoms with Gasteiger partial charge in [-0.05, 0) is 31.9 Å². The van der Waals surface area contributed by atoms with E-state index < -0.39 is 0 Å². The van der Waals surface area contributed by atoms with Gasteiger partial charge in [-0.1, -0.05) is 17.7 Å². The Morgan fingerprint density at radius 1 is 1.12 bits per heavy atom. The summed E-state index contributed by atoms with van der Waals surface area (Å²) >= 11 is 0. The molecule has 0 aromatic heterocycles. The molecule has 2 fully saturated rings. The molecule has 0 saturated carbocycles. The molecule has 1 N–H and O–H groups in total. The highest BCUT2D eigenvalue weighted by atomic mass is 16.5. The van der Waals surface area contributed by atoms with Crippen LogP contribution < -0.4 is 10.2 Å². The number of nitrogens with zero attached hydrogens (tertiary/aromatic N) is 2. The lowest BCUT2D eigenvalue weighted by atomic mass is 9.95. The van der Waals surface area contributed by atoms with Crippen LogP contribution in [0.4, 0.5) is 5.69 Å². The summed E-state index contributed by atoms with van der Waals surface area (Å²) in [7, 11) is 0. The largest absolute Gasteiger partial charge is 0.379 e. The Bertz CT molecular complexity index is 518. The zero-order valence-electron chi connectivity index (χ0n) is 14.7. The maximum Gasteiger partial charge on any atom is 0.223 e. The third-order valence-electron chi connectivity index (χ3n) is 5.10. The first-order valence-electron chi connectivity index (χ1n) is 9.12. The zero-order valence-corrected chi connectivity index (χ0v) is 14.7. The minimum atomic E-state index is 0.163. The van der Waals surface area contributed by atoms with Crippen molar-refractivity contribution in [1.29, 1.82) is 0 Å². The number of amides is 1. The van der Waals surface area contributed by atoms with Gasteiger partial charge < -0.3 is 15.0 Å². The molecule has 24 heavy (non-hydrogen) atoms. The molecule has 5 heteroatoms. The van der Waals surface area contributed by atoms with Crippen LogP contribution in [0.25, 0.3) is 0 Å². The van der Waals surface area contributed by atoms with Gasteiger partial charge in [-0.25, -0.2) is 0 Å². The Labute approximate surface area is 145 Å². The van der Waals surface area contributed by atoms with E-state index >= 15 is 0 Å². The van der Waals surface area contributed by atoms with E-state index in [0.717, 1.165) is 65.3 Å². The summed E-state index contributed by atoms with van der Waals surface area (Å²) in [6.07, 6.45) is 1.88. The second-order valence-electron chi connectivity index (χ2n) is 6.84. The average molecular weight is 331 g/mol. The fourth-order valence-corrected chi connectivity index (χ4v) is 3.46. The van der Waals surface area contributed by atoms with E-state index in [-0.39, 0.29) is 11.8 Å². The molecule has 0 atom stereocenters. The summed E-state index contributed by atoms with van der Waals surface area (Å²) in [6.45, 7) is 9.28. The molecule has 0 bridgehead atoms. The molecule has 5 nitrogen and oxygen atoms in total. The van der Waals surface area contributed by atoms with Crippen LogP contribution in [0.15, 0.2) is 24.3 Å². The number of morpholine rings is 1. The Morgan fingerprint density at radius 2 is 1.79 bits per heavy atom. The molecular weight excluding hydrogens is 302 g/mol. The molecule has 1 aromatic carbocycles. The van der Waals surface area contributed by atoms with Gasteiger partial charge in [-0.3, -0.25) is 9.69 Å². The normalized spacial score (nSPS) is 20.1. The van der Waals surface area contributed by atoms with Gasteiger partial charge in [0.25, 0.3) is 0 Å². The van der Waals surface area contributed by atoms with Crippen LogP contribution >= 0.6 is 0 Å². The molecule has 0 spiro atoms. The number of carbonyl (C=O) groups excluding carboxylic acids is 1. The molecule has 0 radical (unpaired) electrons. The van der Waals surface area contributed by atoms with Crippen molar-refractivity contribution < 1.29 is 9.53 Å². The van der Waals surface area contributed by atoms with Gasteiger partial charge in [0.05, 0.1) is 13.2 Å². The molecule has 2 aliphatic heterocycles. The van der Waals surface area contributed by atoms with Gasteiger partial charge in [0.15, 0.2) is 0 Å². The molecule has 3 rings (SSSR count). The average Bonchev–Trinajstić information content (AvgIpc) is 2.63. The lowest BCUT2D eigenvalue weighted by molar-refractivity contribution is -0.125. The van der Waals surface area contributed by atoms with Gasteiger partial charge in [-0.15, -0.1) is 0 Å². The van der Waals surface area contributed by atoms with E-state index in [0.29, 0.717) is 0 Å².